The Morgan fingerprint density at radius 3 is 2.47 bits per heavy atom. The van der Waals surface area contributed by atoms with Crippen molar-refractivity contribution in [3.63, 3.8) is 0 Å². The van der Waals surface area contributed by atoms with Crippen LogP contribution in [0.15, 0.2) is 47.8 Å². The number of hydrogen-bond acceptors (Lipinski definition) is 9. The van der Waals surface area contributed by atoms with Crippen molar-refractivity contribution in [2.45, 2.75) is 19.5 Å². The Kier molecular flexibility index (Phi) is 8.33. The van der Waals surface area contributed by atoms with Gasteiger partial charge in [-0.25, -0.2) is 0 Å². The fourth-order valence-corrected chi connectivity index (χ4v) is 4.76. The molecular weight excluding hydrogens is 478 g/mol. The first-order valence-electron chi connectivity index (χ1n) is 10.2. The number of benzene rings is 1. The van der Waals surface area contributed by atoms with Gasteiger partial charge in [0.15, 0.2) is 5.69 Å². The van der Waals surface area contributed by atoms with Gasteiger partial charge in [0, 0.05) is 11.4 Å². The lowest BCUT2D eigenvalue weighted by atomic mass is 10.1. The van der Waals surface area contributed by atoms with Crippen LogP contribution in [-0.2, 0) is 20.9 Å². The van der Waals surface area contributed by atoms with Crippen molar-refractivity contribution in [1.82, 2.24) is 14.6 Å². The lowest BCUT2D eigenvalue weighted by molar-refractivity contribution is -0.143. The van der Waals surface area contributed by atoms with E-state index in [4.69, 9.17) is 16.2 Å². The van der Waals surface area contributed by atoms with E-state index in [2.05, 4.69) is 9.69 Å². The van der Waals surface area contributed by atoms with Crippen LogP contribution in [0.25, 0.3) is 0 Å². The Hall–Kier alpha value is -3.77. The second kappa shape index (κ2) is 11.4. The van der Waals surface area contributed by atoms with Gasteiger partial charge >= 0.3 is 5.97 Å². The summed E-state index contributed by atoms with van der Waals surface area (Å²) in [5.41, 5.74) is 11.7. The first-order valence-corrected chi connectivity index (χ1v) is 11.8. The van der Waals surface area contributed by atoms with Crippen molar-refractivity contribution in [3.8, 4) is 0 Å². The highest BCUT2D eigenvalue weighted by Gasteiger charge is 2.35. The first kappa shape index (κ1) is 24.9. The van der Waals surface area contributed by atoms with E-state index in [0.29, 0.717) is 4.88 Å². The fourth-order valence-electron chi connectivity index (χ4n) is 3.16. The van der Waals surface area contributed by atoms with Crippen LogP contribution in [0.3, 0.4) is 0 Å². The monoisotopic (exact) mass is 501 g/mol. The number of nitrogens with two attached hydrogens (primary N) is 2. The third kappa shape index (κ3) is 5.77. The van der Waals surface area contributed by atoms with E-state index in [-0.39, 0.29) is 36.0 Å². The summed E-state index contributed by atoms with van der Waals surface area (Å²) in [4.78, 5) is 52.3. The smallest absolute Gasteiger partial charge is 0.325 e. The predicted molar refractivity (Wildman–Crippen MR) is 128 cm³/mol. The van der Waals surface area contributed by atoms with E-state index in [9.17, 15) is 19.2 Å². The van der Waals surface area contributed by atoms with Crippen LogP contribution in [-0.4, -0.2) is 46.1 Å². The number of anilines is 1. The van der Waals surface area contributed by atoms with E-state index in [0.717, 1.165) is 17.1 Å². The molecule has 2 heterocycles. The summed E-state index contributed by atoms with van der Waals surface area (Å²) >= 11 is 2.01. The van der Waals surface area contributed by atoms with Gasteiger partial charge in [0.05, 0.1) is 12.3 Å². The Morgan fingerprint density at radius 2 is 1.88 bits per heavy atom. The van der Waals surface area contributed by atoms with Gasteiger partial charge in [-0.3, -0.25) is 19.2 Å². The van der Waals surface area contributed by atoms with Crippen molar-refractivity contribution < 1.29 is 23.9 Å². The van der Waals surface area contributed by atoms with Gasteiger partial charge in [-0.1, -0.05) is 36.4 Å². The molecule has 2 aromatic heterocycles. The number of primary amides is 1. The molecule has 1 unspecified atom stereocenters. The van der Waals surface area contributed by atoms with Crippen LogP contribution in [0.4, 0.5) is 5.69 Å². The number of nitrogens with zero attached hydrogens (tertiary/aromatic N) is 2. The average molecular weight is 502 g/mol. The molecule has 1 aromatic carbocycles. The first-order chi connectivity index (χ1) is 16.3. The minimum Gasteiger partial charge on any atom is -0.465 e. The summed E-state index contributed by atoms with van der Waals surface area (Å²) in [7, 11) is 0. The molecule has 0 spiro atoms. The molecule has 0 radical (unpaired) electrons. The number of esters is 1. The molecule has 3 rings (SSSR count). The third-order valence-electron chi connectivity index (χ3n) is 4.70. The highest BCUT2D eigenvalue weighted by atomic mass is 32.1. The van der Waals surface area contributed by atoms with Crippen LogP contribution >= 0.6 is 22.9 Å². The molecule has 0 saturated carbocycles. The van der Waals surface area contributed by atoms with Gasteiger partial charge in [-0.05, 0) is 35.5 Å². The van der Waals surface area contributed by atoms with Crippen molar-refractivity contribution in [1.29, 1.82) is 0 Å². The van der Waals surface area contributed by atoms with Crippen LogP contribution < -0.4 is 16.8 Å². The molecule has 0 aliphatic heterocycles. The predicted octanol–water partition coefficient (Wildman–Crippen LogP) is 1.95. The number of nitrogen functional groups attached to an aromatic ring is 1. The quantitative estimate of drug-likeness (QED) is 0.358. The molecule has 10 nitrogen and oxygen atoms in total. The molecule has 0 aliphatic carbocycles. The Balaban J connectivity index is 2.02. The SMILES string of the molecule is CCOC(=O)CNC(=O)C(c1cccs1)N(Cc1ccccc1)C(=O)c1snc(C(N)=O)c1N. The highest BCUT2D eigenvalue weighted by molar-refractivity contribution is 7.10. The van der Waals surface area contributed by atoms with Crippen LogP contribution in [0.2, 0.25) is 0 Å². The zero-order valence-electron chi connectivity index (χ0n) is 18.2. The number of aromatic nitrogens is 1. The molecule has 34 heavy (non-hydrogen) atoms. The number of amides is 3. The summed E-state index contributed by atoms with van der Waals surface area (Å²) in [5, 5.41) is 4.32. The topological polar surface area (TPSA) is 158 Å². The number of rotatable bonds is 10. The minimum absolute atomic E-state index is 0.00974. The average Bonchev–Trinajstić information content (AvgIpc) is 3.48. The summed E-state index contributed by atoms with van der Waals surface area (Å²) in [6, 6.07) is 11.5. The molecule has 0 bridgehead atoms. The molecule has 178 valence electrons. The van der Waals surface area contributed by atoms with Crippen molar-refractivity contribution in [2.24, 2.45) is 5.73 Å². The molecule has 0 fully saturated rings. The summed E-state index contributed by atoms with van der Waals surface area (Å²) < 4.78 is 8.79. The van der Waals surface area contributed by atoms with E-state index < -0.39 is 29.7 Å². The molecule has 1 atom stereocenters. The highest BCUT2D eigenvalue weighted by Crippen LogP contribution is 2.32. The maximum absolute atomic E-state index is 13.7. The molecule has 0 aliphatic rings. The van der Waals surface area contributed by atoms with Gasteiger partial charge in [-0.15, -0.1) is 11.3 Å². The number of hydrogen-bond donors (Lipinski definition) is 3. The van der Waals surface area contributed by atoms with E-state index in [1.807, 2.05) is 30.3 Å². The standard InChI is InChI=1S/C22H23N5O5S2/c1-2-32-15(28)11-25-21(30)18(14-9-6-10-33-14)27(12-13-7-4-3-5-8-13)22(31)19-16(23)17(20(24)29)26-34-19/h3-10,18H,2,11-12,23H2,1H3,(H2,24,29)(H,25,30). The second-order valence-electron chi connectivity index (χ2n) is 7.00. The summed E-state index contributed by atoms with van der Waals surface area (Å²) in [6.45, 7) is 1.54. The zero-order valence-corrected chi connectivity index (χ0v) is 19.9. The lowest BCUT2D eigenvalue weighted by Crippen LogP contribution is -2.44. The molecule has 12 heteroatoms. The fraction of sp³-hybridized carbons (Fsp3) is 0.227. The van der Waals surface area contributed by atoms with Gasteiger partial charge in [0.1, 0.15) is 17.5 Å². The number of carbonyl (C=O) groups excluding carboxylic acids is 4. The van der Waals surface area contributed by atoms with Gasteiger partial charge < -0.3 is 26.4 Å². The van der Waals surface area contributed by atoms with E-state index in [1.165, 1.54) is 16.2 Å². The summed E-state index contributed by atoms with van der Waals surface area (Å²) in [6.07, 6.45) is 0. The Morgan fingerprint density at radius 1 is 1.15 bits per heavy atom. The van der Waals surface area contributed by atoms with Crippen LogP contribution in [0.5, 0.6) is 0 Å². The Bertz CT molecular complexity index is 1160. The van der Waals surface area contributed by atoms with Gasteiger partial charge in [-0.2, -0.15) is 4.37 Å². The van der Waals surface area contributed by atoms with Gasteiger partial charge in [0.2, 0.25) is 5.91 Å². The van der Waals surface area contributed by atoms with Crippen LogP contribution in [0.1, 0.15) is 43.6 Å². The normalized spacial score (nSPS) is 11.4. The van der Waals surface area contributed by atoms with E-state index in [1.54, 1.807) is 24.4 Å². The molecule has 3 amide bonds. The largest absolute Gasteiger partial charge is 0.465 e. The van der Waals surface area contributed by atoms with Crippen molar-refractivity contribution in [2.75, 3.05) is 18.9 Å². The Labute approximate surface area is 203 Å². The number of ether oxygens (including phenoxy) is 1. The second-order valence-corrected chi connectivity index (χ2v) is 8.75. The van der Waals surface area contributed by atoms with E-state index >= 15 is 0 Å². The lowest BCUT2D eigenvalue weighted by Gasteiger charge is -2.30. The maximum Gasteiger partial charge on any atom is 0.325 e. The summed E-state index contributed by atoms with van der Waals surface area (Å²) in [5.74, 6) is -2.63. The maximum atomic E-state index is 13.7. The molecular formula is C22H23N5O5S2. The molecule has 5 N–H and O–H groups in total. The third-order valence-corrected chi connectivity index (χ3v) is 6.47. The number of carbonyl (C=O) groups is 4. The van der Waals surface area contributed by atoms with Gasteiger partial charge in [0.25, 0.3) is 11.8 Å². The number of nitrogens with one attached hydrogen (secondary N) is 1. The van der Waals surface area contributed by atoms with Crippen LogP contribution in [0, 0.1) is 0 Å². The van der Waals surface area contributed by atoms with Crippen molar-refractivity contribution in [3.05, 3.63) is 68.9 Å². The zero-order chi connectivity index (χ0) is 24.7. The number of thiophene rings is 1. The molecule has 0 saturated heterocycles. The van der Waals surface area contributed by atoms with Crippen molar-refractivity contribution >= 4 is 52.2 Å². The minimum atomic E-state index is -1.08. The molecule has 3 aromatic rings.